The number of nitrogens with zero attached hydrogens (tertiary/aromatic N) is 2. The van der Waals surface area contributed by atoms with Crippen molar-refractivity contribution in [3.8, 4) is 11.5 Å². The summed E-state index contributed by atoms with van der Waals surface area (Å²) in [4.78, 5) is 32.1. The van der Waals surface area contributed by atoms with Crippen LogP contribution in [0, 0.1) is 0 Å². The molecule has 1 unspecified atom stereocenters. The van der Waals surface area contributed by atoms with E-state index in [1.165, 1.54) is 0 Å². The minimum Gasteiger partial charge on any atom is -0.497 e. The molecule has 4 N–H and O–H groups in total. The van der Waals surface area contributed by atoms with Crippen molar-refractivity contribution in [3.05, 3.63) is 60.3 Å². The lowest BCUT2D eigenvalue weighted by Gasteiger charge is -2.36. The molecule has 2 heterocycles. The minimum absolute atomic E-state index is 0.113. The fraction of sp³-hybridized carbons (Fsp3) is 0.360. The van der Waals surface area contributed by atoms with Crippen LogP contribution in [0.2, 0.25) is 0 Å². The molecule has 3 aromatic rings. The number of hydrogen-bond acceptors (Lipinski definition) is 5. The molecule has 1 aromatic heterocycles. The van der Waals surface area contributed by atoms with Gasteiger partial charge in [-0.15, -0.1) is 0 Å². The Morgan fingerprint density at radius 2 is 1.76 bits per heavy atom. The summed E-state index contributed by atoms with van der Waals surface area (Å²) in [5.74, 6) is 1.48. The van der Waals surface area contributed by atoms with Gasteiger partial charge in [-0.25, -0.2) is 4.79 Å². The van der Waals surface area contributed by atoms with E-state index >= 15 is 0 Å². The van der Waals surface area contributed by atoms with Crippen LogP contribution in [0.25, 0.3) is 10.9 Å². The second-order valence-electron chi connectivity index (χ2n) is 8.32. The molecule has 1 atom stereocenters. The molecule has 1 fully saturated rings. The number of nitrogens with one attached hydrogen (secondary N) is 2. The summed E-state index contributed by atoms with van der Waals surface area (Å²) >= 11 is 0. The van der Waals surface area contributed by atoms with Crippen LogP contribution in [0.4, 0.5) is 4.79 Å². The zero-order valence-electron chi connectivity index (χ0n) is 19.3. The SMILES string of the molecule is COc1ccc(OCCN2CCN(C(=O)C(Cc3c[nH]c4ccccc34)NC(N)=O)CC2)cc1. The van der Waals surface area contributed by atoms with Crippen LogP contribution in [0.3, 0.4) is 0 Å². The van der Waals surface area contributed by atoms with Crippen molar-refractivity contribution in [2.75, 3.05) is 46.4 Å². The van der Waals surface area contributed by atoms with Gasteiger partial charge < -0.3 is 30.4 Å². The zero-order valence-corrected chi connectivity index (χ0v) is 19.3. The second kappa shape index (κ2) is 10.9. The number of rotatable bonds is 9. The molecule has 1 aliphatic heterocycles. The number of carbonyl (C=O) groups excluding carboxylic acids is 2. The number of hydrogen-bond donors (Lipinski definition) is 3. The number of urea groups is 1. The first-order valence-corrected chi connectivity index (χ1v) is 11.4. The van der Waals surface area contributed by atoms with Gasteiger partial charge in [-0.1, -0.05) is 18.2 Å². The van der Waals surface area contributed by atoms with E-state index < -0.39 is 12.1 Å². The van der Waals surface area contributed by atoms with Gasteiger partial charge in [0.1, 0.15) is 24.1 Å². The van der Waals surface area contributed by atoms with Gasteiger partial charge in [-0.3, -0.25) is 9.69 Å². The Kier molecular flexibility index (Phi) is 7.54. The van der Waals surface area contributed by atoms with Crippen molar-refractivity contribution in [2.45, 2.75) is 12.5 Å². The molecule has 1 aliphatic rings. The highest BCUT2D eigenvalue weighted by Crippen LogP contribution is 2.20. The monoisotopic (exact) mass is 465 g/mol. The highest BCUT2D eigenvalue weighted by atomic mass is 16.5. The van der Waals surface area contributed by atoms with Crippen LogP contribution in [0.5, 0.6) is 11.5 Å². The maximum Gasteiger partial charge on any atom is 0.312 e. The van der Waals surface area contributed by atoms with E-state index in [9.17, 15) is 9.59 Å². The summed E-state index contributed by atoms with van der Waals surface area (Å²) < 4.78 is 11.0. The standard InChI is InChI=1S/C25H31N5O4/c1-33-19-6-8-20(9-7-19)34-15-14-29-10-12-30(13-11-29)24(31)23(28-25(26)32)16-18-17-27-22-5-3-2-4-21(18)22/h2-9,17,23,27H,10-16H2,1H3,(H3,26,28,32). The first kappa shape index (κ1) is 23.4. The third-order valence-corrected chi connectivity index (χ3v) is 6.13. The second-order valence-corrected chi connectivity index (χ2v) is 8.32. The number of ether oxygens (including phenoxy) is 2. The predicted molar refractivity (Wildman–Crippen MR) is 130 cm³/mol. The summed E-state index contributed by atoms with van der Waals surface area (Å²) in [6.45, 7) is 4.00. The molecular weight excluding hydrogens is 434 g/mol. The number of H-pyrrole nitrogens is 1. The van der Waals surface area contributed by atoms with Gasteiger partial charge in [0.2, 0.25) is 5.91 Å². The Labute approximate surface area is 198 Å². The van der Waals surface area contributed by atoms with Gasteiger partial charge in [0.25, 0.3) is 0 Å². The molecule has 2 aromatic carbocycles. The van der Waals surface area contributed by atoms with Crippen molar-refractivity contribution in [1.82, 2.24) is 20.1 Å². The molecule has 4 rings (SSSR count). The molecule has 34 heavy (non-hydrogen) atoms. The summed E-state index contributed by atoms with van der Waals surface area (Å²) in [5, 5.41) is 3.68. The number of aromatic nitrogens is 1. The largest absolute Gasteiger partial charge is 0.497 e. The van der Waals surface area contributed by atoms with Gasteiger partial charge in [-0.2, -0.15) is 0 Å². The van der Waals surface area contributed by atoms with Gasteiger partial charge in [0, 0.05) is 56.2 Å². The van der Waals surface area contributed by atoms with E-state index in [0.29, 0.717) is 26.1 Å². The molecule has 9 nitrogen and oxygen atoms in total. The smallest absolute Gasteiger partial charge is 0.312 e. The van der Waals surface area contributed by atoms with Crippen molar-refractivity contribution in [3.63, 3.8) is 0 Å². The number of fused-ring (bicyclic) bond motifs is 1. The lowest BCUT2D eigenvalue weighted by molar-refractivity contribution is -0.135. The van der Waals surface area contributed by atoms with Crippen LogP contribution >= 0.6 is 0 Å². The van der Waals surface area contributed by atoms with Gasteiger partial charge in [0.15, 0.2) is 0 Å². The number of piperazine rings is 1. The maximum absolute atomic E-state index is 13.2. The number of para-hydroxylation sites is 1. The van der Waals surface area contributed by atoms with Crippen LogP contribution in [-0.2, 0) is 11.2 Å². The first-order valence-electron chi connectivity index (χ1n) is 11.4. The lowest BCUT2D eigenvalue weighted by atomic mass is 10.0. The fourth-order valence-corrected chi connectivity index (χ4v) is 4.27. The van der Waals surface area contributed by atoms with Crippen LogP contribution in [0.15, 0.2) is 54.7 Å². The molecule has 0 aliphatic carbocycles. The molecule has 9 heteroatoms. The molecular formula is C25H31N5O4. The van der Waals surface area contributed by atoms with E-state index in [4.69, 9.17) is 15.2 Å². The molecule has 3 amide bonds. The summed E-state index contributed by atoms with van der Waals surface area (Å²) in [5.41, 5.74) is 7.35. The van der Waals surface area contributed by atoms with Crippen molar-refractivity contribution in [1.29, 1.82) is 0 Å². The quantitative estimate of drug-likeness (QED) is 0.447. The normalized spacial score (nSPS) is 15.1. The summed E-state index contributed by atoms with van der Waals surface area (Å²) in [6.07, 6.45) is 2.26. The fourth-order valence-electron chi connectivity index (χ4n) is 4.27. The van der Waals surface area contributed by atoms with Gasteiger partial charge in [0.05, 0.1) is 7.11 Å². The highest BCUT2D eigenvalue weighted by Gasteiger charge is 2.29. The maximum atomic E-state index is 13.2. The van der Waals surface area contributed by atoms with E-state index in [2.05, 4.69) is 15.2 Å². The van der Waals surface area contributed by atoms with Crippen LogP contribution in [0.1, 0.15) is 5.56 Å². The molecule has 1 saturated heterocycles. The average molecular weight is 466 g/mol. The zero-order chi connectivity index (χ0) is 23.9. The first-order chi connectivity index (χ1) is 16.5. The topological polar surface area (TPSA) is 113 Å². The van der Waals surface area contributed by atoms with Crippen LogP contribution in [-0.4, -0.2) is 79.2 Å². The number of carbonyl (C=O) groups is 2. The number of amides is 3. The van der Waals surface area contributed by atoms with E-state index in [1.807, 2.05) is 54.7 Å². The third-order valence-electron chi connectivity index (χ3n) is 6.13. The van der Waals surface area contributed by atoms with E-state index in [0.717, 1.165) is 47.6 Å². The van der Waals surface area contributed by atoms with Gasteiger partial charge in [-0.05, 0) is 35.9 Å². The number of benzene rings is 2. The number of methoxy groups -OCH3 is 1. The molecule has 0 saturated carbocycles. The lowest BCUT2D eigenvalue weighted by Crippen LogP contribution is -2.56. The van der Waals surface area contributed by atoms with Crippen molar-refractivity contribution in [2.24, 2.45) is 5.73 Å². The Bertz CT molecular complexity index is 1110. The third kappa shape index (κ3) is 5.79. The van der Waals surface area contributed by atoms with E-state index in [1.54, 1.807) is 12.0 Å². The summed E-state index contributed by atoms with van der Waals surface area (Å²) in [7, 11) is 1.63. The average Bonchev–Trinajstić information content (AvgIpc) is 3.26. The van der Waals surface area contributed by atoms with Crippen molar-refractivity contribution < 1.29 is 19.1 Å². The Morgan fingerprint density at radius 3 is 2.47 bits per heavy atom. The Hall–Kier alpha value is -3.72. The van der Waals surface area contributed by atoms with Crippen LogP contribution < -0.4 is 20.5 Å². The molecule has 180 valence electrons. The Morgan fingerprint density at radius 1 is 1.06 bits per heavy atom. The predicted octanol–water partition coefficient (Wildman–Crippen LogP) is 1.98. The van der Waals surface area contributed by atoms with E-state index in [-0.39, 0.29) is 5.91 Å². The molecule has 0 radical (unpaired) electrons. The minimum atomic E-state index is -0.707. The number of primary amides is 1. The van der Waals surface area contributed by atoms with Gasteiger partial charge >= 0.3 is 6.03 Å². The molecule has 0 spiro atoms. The van der Waals surface area contributed by atoms with Crippen molar-refractivity contribution >= 4 is 22.8 Å². The summed E-state index contributed by atoms with van der Waals surface area (Å²) in [6, 6.07) is 14.0. The number of aromatic amines is 1. The molecule has 0 bridgehead atoms. The Balaban J connectivity index is 1.28. The number of nitrogens with two attached hydrogens (primary N) is 1. The highest BCUT2D eigenvalue weighted by molar-refractivity contribution is 5.89.